The number of esters is 2. The number of quaternary nitrogens is 1. The Morgan fingerprint density at radius 1 is 0.383 bits per heavy atom. The van der Waals surface area contributed by atoms with Crippen molar-refractivity contribution in [3.8, 4) is 0 Å². The Morgan fingerprint density at radius 2 is 0.704 bits per heavy atom. The second-order valence-corrected chi connectivity index (χ2v) is 23.7. The van der Waals surface area contributed by atoms with Crippen LogP contribution in [0.25, 0.3) is 0 Å². The number of carboxylic acids is 1. The Morgan fingerprint density at radius 3 is 1.06 bits per heavy atom. The zero-order valence-corrected chi connectivity index (χ0v) is 53.4. The molecule has 2 unspecified atom stereocenters. The van der Waals surface area contributed by atoms with Gasteiger partial charge in [0.25, 0.3) is 6.29 Å². The van der Waals surface area contributed by atoms with Gasteiger partial charge in [0.15, 0.2) is 6.10 Å². The molecule has 0 saturated heterocycles. The number of allylic oxidation sites excluding steroid dienone is 14. The zero-order valence-electron chi connectivity index (χ0n) is 53.4. The third kappa shape index (κ3) is 63.9. The predicted octanol–water partition coefficient (Wildman–Crippen LogP) is 20.7. The number of carbonyl (C=O) groups is 3. The smallest absolute Gasteiger partial charge is 0.361 e. The molecule has 0 aliphatic heterocycles. The van der Waals surface area contributed by atoms with Crippen LogP contribution in [0.4, 0.5) is 0 Å². The summed E-state index contributed by atoms with van der Waals surface area (Å²) in [4.78, 5) is 37.6. The number of unbranched alkanes of at least 4 members (excludes halogenated alkanes) is 33. The molecule has 0 rings (SSSR count). The Balaban J connectivity index is 4.13. The number of hydrogen-bond donors (Lipinski definition) is 1. The van der Waals surface area contributed by atoms with Gasteiger partial charge in [-0.3, -0.25) is 9.59 Å². The van der Waals surface area contributed by atoms with E-state index in [1.165, 1.54) is 193 Å². The molecule has 0 fully saturated rings. The summed E-state index contributed by atoms with van der Waals surface area (Å²) in [5, 5.41) is 9.74. The molecule has 0 aromatic heterocycles. The molecule has 9 nitrogen and oxygen atoms in total. The quantitative estimate of drug-likeness (QED) is 0.0211. The first-order chi connectivity index (χ1) is 39.6. The average molecular weight is 1140 g/mol. The Hall–Kier alpha value is -3.53. The first-order valence-electron chi connectivity index (χ1n) is 33.8. The number of likely N-dealkylation sites (N-methyl/N-ethyl adjacent to an activating group) is 1. The van der Waals surface area contributed by atoms with E-state index in [0.29, 0.717) is 17.4 Å². The summed E-state index contributed by atoms with van der Waals surface area (Å²) in [6, 6.07) is 0. The summed E-state index contributed by atoms with van der Waals surface area (Å²) in [6.45, 7) is 4.79. The van der Waals surface area contributed by atoms with Crippen LogP contribution in [0, 0.1) is 0 Å². The van der Waals surface area contributed by atoms with Crippen LogP contribution in [-0.2, 0) is 33.3 Å². The van der Waals surface area contributed by atoms with Crippen molar-refractivity contribution in [3.63, 3.8) is 0 Å². The van der Waals surface area contributed by atoms with E-state index in [0.717, 1.165) is 77.0 Å². The van der Waals surface area contributed by atoms with Crippen molar-refractivity contribution in [2.24, 2.45) is 0 Å². The molecule has 0 aromatic carbocycles. The Bertz CT molecular complexity index is 1600. The number of carbonyl (C=O) groups excluding carboxylic acids is 2. The molecule has 81 heavy (non-hydrogen) atoms. The largest absolute Gasteiger partial charge is 0.477 e. The maximum absolute atomic E-state index is 12.9. The van der Waals surface area contributed by atoms with E-state index in [4.69, 9.17) is 18.9 Å². The van der Waals surface area contributed by atoms with Crippen LogP contribution >= 0.6 is 0 Å². The van der Waals surface area contributed by atoms with Crippen molar-refractivity contribution < 1.29 is 42.9 Å². The molecule has 0 aromatic rings. The van der Waals surface area contributed by atoms with Crippen molar-refractivity contribution >= 4 is 17.9 Å². The second kappa shape index (κ2) is 62.5. The molecule has 468 valence electrons. The fourth-order valence-electron chi connectivity index (χ4n) is 9.48. The standard InChI is InChI=1S/C72H127NO8/c1-6-8-10-12-14-16-18-20-22-24-26-28-30-31-32-33-34-35-36-37-38-39-41-43-45-47-49-51-53-55-57-59-61-63-70(75)81-68(67-80-72(71(76)77)78-65-64-73(3,4)5)66-79-69(74)62-60-58-56-54-52-50-48-46-44-42-40-29-27-25-23-21-19-17-15-13-11-9-7-2/h8,10,14,16,20,22,25-28,31-32,34-35,68,72H,6-7,9,11-13,15,17-19,21,23-24,29-30,33,36-67H2,1-5H3/p+1/b10-8-,16-14-,22-20-,27-25-,28-26-,32-31-,35-34-. The van der Waals surface area contributed by atoms with Gasteiger partial charge in [0.1, 0.15) is 13.2 Å². The van der Waals surface area contributed by atoms with Gasteiger partial charge >= 0.3 is 17.9 Å². The van der Waals surface area contributed by atoms with Gasteiger partial charge in [0, 0.05) is 12.8 Å². The van der Waals surface area contributed by atoms with Crippen LogP contribution in [0.1, 0.15) is 296 Å². The summed E-state index contributed by atoms with van der Waals surface area (Å²) in [5.74, 6) is -2.00. The summed E-state index contributed by atoms with van der Waals surface area (Å²) >= 11 is 0. The predicted molar refractivity (Wildman–Crippen MR) is 346 cm³/mol. The Kier molecular flexibility index (Phi) is 59.8. The highest BCUT2D eigenvalue weighted by molar-refractivity contribution is 5.71. The summed E-state index contributed by atoms with van der Waals surface area (Å²) in [6.07, 6.45) is 81.1. The number of hydrogen-bond acceptors (Lipinski definition) is 7. The van der Waals surface area contributed by atoms with Gasteiger partial charge in [0.2, 0.25) is 0 Å². The monoisotopic (exact) mass is 1130 g/mol. The van der Waals surface area contributed by atoms with Gasteiger partial charge in [0.05, 0.1) is 34.4 Å². The molecular formula is C72H128NO8+. The number of ether oxygens (including phenoxy) is 4. The van der Waals surface area contributed by atoms with Gasteiger partial charge in [-0.25, -0.2) is 4.79 Å². The van der Waals surface area contributed by atoms with E-state index in [-0.39, 0.29) is 32.2 Å². The molecule has 0 aliphatic rings. The van der Waals surface area contributed by atoms with Gasteiger partial charge in [-0.15, -0.1) is 0 Å². The van der Waals surface area contributed by atoms with Crippen LogP contribution < -0.4 is 0 Å². The van der Waals surface area contributed by atoms with Crippen LogP contribution in [-0.4, -0.2) is 87.4 Å². The third-order valence-corrected chi connectivity index (χ3v) is 14.6. The lowest BCUT2D eigenvalue weighted by atomic mass is 10.0. The first kappa shape index (κ1) is 77.5. The molecule has 0 heterocycles. The van der Waals surface area contributed by atoms with Crippen molar-refractivity contribution in [2.45, 2.75) is 309 Å². The molecule has 1 N–H and O–H groups in total. The number of rotatable bonds is 62. The molecular weight excluding hydrogens is 1010 g/mol. The fraction of sp³-hybridized carbons (Fsp3) is 0.764. The van der Waals surface area contributed by atoms with Crippen LogP contribution in [0.3, 0.4) is 0 Å². The third-order valence-electron chi connectivity index (χ3n) is 14.6. The van der Waals surface area contributed by atoms with E-state index >= 15 is 0 Å². The average Bonchev–Trinajstić information content (AvgIpc) is 3.44. The summed E-state index contributed by atoms with van der Waals surface area (Å²) in [7, 11) is 5.98. The van der Waals surface area contributed by atoms with E-state index in [1.54, 1.807) is 0 Å². The topological polar surface area (TPSA) is 108 Å². The highest BCUT2D eigenvalue weighted by Gasteiger charge is 2.25. The second-order valence-electron chi connectivity index (χ2n) is 23.7. The Labute approximate surface area is 500 Å². The lowest BCUT2D eigenvalue weighted by Crippen LogP contribution is -2.40. The maximum Gasteiger partial charge on any atom is 0.361 e. The lowest BCUT2D eigenvalue weighted by Gasteiger charge is -2.25. The minimum atomic E-state index is -1.51. The molecule has 0 radical (unpaired) electrons. The SMILES string of the molecule is CC/C=C\C/C=C\C/C=C\C/C=C\C/C=C\C/C=C\CCCCCCCCCCCCCCCCC(=O)OC(COC(=O)CCCCCCCCCCCCC/C=C\CCCCCCCCCC)COC(OCC[N+](C)(C)C)C(=O)O. The van der Waals surface area contributed by atoms with Gasteiger partial charge in [-0.1, -0.05) is 279 Å². The van der Waals surface area contributed by atoms with Gasteiger partial charge in [-0.2, -0.15) is 0 Å². The van der Waals surface area contributed by atoms with Crippen LogP contribution in [0.15, 0.2) is 85.1 Å². The molecule has 0 bridgehead atoms. The van der Waals surface area contributed by atoms with Crippen molar-refractivity contribution in [2.75, 3.05) is 47.5 Å². The first-order valence-corrected chi connectivity index (χ1v) is 33.8. The van der Waals surface area contributed by atoms with E-state index in [9.17, 15) is 19.5 Å². The highest BCUT2D eigenvalue weighted by atomic mass is 16.7. The highest BCUT2D eigenvalue weighted by Crippen LogP contribution is 2.17. The lowest BCUT2D eigenvalue weighted by molar-refractivity contribution is -0.870. The van der Waals surface area contributed by atoms with E-state index in [1.807, 2.05) is 21.1 Å². The molecule has 0 saturated carbocycles. The van der Waals surface area contributed by atoms with E-state index < -0.39 is 24.3 Å². The molecule has 9 heteroatoms. The van der Waals surface area contributed by atoms with E-state index in [2.05, 4.69) is 98.9 Å². The maximum atomic E-state index is 12.9. The number of carboxylic acid groups (broad SMARTS) is 1. The molecule has 0 spiro atoms. The van der Waals surface area contributed by atoms with Crippen molar-refractivity contribution in [1.82, 2.24) is 0 Å². The fourth-order valence-corrected chi connectivity index (χ4v) is 9.48. The van der Waals surface area contributed by atoms with Crippen molar-refractivity contribution in [1.29, 1.82) is 0 Å². The van der Waals surface area contributed by atoms with Gasteiger partial charge in [-0.05, 0) is 89.9 Å². The molecule has 2 atom stereocenters. The summed E-state index contributed by atoms with van der Waals surface area (Å²) < 4.78 is 23.0. The zero-order chi connectivity index (χ0) is 59.1. The molecule has 0 amide bonds. The summed E-state index contributed by atoms with van der Waals surface area (Å²) in [5.41, 5.74) is 0. The normalized spacial score (nSPS) is 13.2. The molecule has 0 aliphatic carbocycles. The van der Waals surface area contributed by atoms with Crippen LogP contribution in [0.2, 0.25) is 0 Å². The minimum absolute atomic E-state index is 0.183. The van der Waals surface area contributed by atoms with Crippen molar-refractivity contribution in [3.05, 3.63) is 85.1 Å². The minimum Gasteiger partial charge on any atom is -0.477 e. The number of aliphatic carboxylic acids is 1. The van der Waals surface area contributed by atoms with Gasteiger partial charge < -0.3 is 28.5 Å². The number of nitrogens with zero attached hydrogens (tertiary/aromatic N) is 1. The van der Waals surface area contributed by atoms with Crippen LogP contribution in [0.5, 0.6) is 0 Å².